The summed E-state index contributed by atoms with van der Waals surface area (Å²) in [7, 11) is 0. The predicted molar refractivity (Wildman–Crippen MR) is 119 cm³/mol. The monoisotopic (exact) mass is 440 g/mol. The number of thiazole rings is 1. The fourth-order valence-corrected chi connectivity index (χ4v) is 4.87. The van der Waals surface area contributed by atoms with E-state index in [4.69, 9.17) is 0 Å². The third-order valence-corrected chi connectivity index (χ3v) is 6.65. The summed E-state index contributed by atoms with van der Waals surface area (Å²) in [5.74, 6) is 0.609. The van der Waals surface area contributed by atoms with Crippen LogP contribution in [0.15, 0.2) is 24.0 Å². The molecule has 0 aromatic carbocycles. The molecule has 1 fully saturated rings. The van der Waals surface area contributed by atoms with Gasteiger partial charge in [-0.2, -0.15) is 0 Å². The van der Waals surface area contributed by atoms with E-state index in [2.05, 4.69) is 15.0 Å². The summed E-state index contributed by atoms with van der Waals surface area (Å²) in [6.07, 6.45) is 8.57. The minimum Gasteiger partial charge on any atom is -0.339 e. The predicted octanol–water partition coefficient (Wildman–Crippen LogP) is 3.27. The maximum absolute atomic E-state index is 13.1. The van der Waals surface area contributed by atoms with E-state index in [0.717, 1.165) is 29.9 Å². The van der Waals surface area contributed by atoms with Crippen molar-refractivity contribution in [3.8, 4) is 0 Å². The maximum Gasteiger partial charge on any atom is 0.257 e. The summed E-state index contributed by atoms with van der Waals surface area (Å²) >= 11 is 1.55. The van der Waals surface area contributed by atoms with Gasteiger partial charge in [-0.15, -0.1) is 11.3 Å². The van der Waals surface area contributed by atoms with Gasteiger partial charge >= 0.3 is 0 Å². The summed E-state index contributed by atoms with van der Waals surface area (Å²) in [4.78, 5) is 44.1. The minimum atomic E-state index is -0.165. The molecule has 4 heterocycles. The zero-order chi connectivity index (χ0) is 22.0. The highest BCUT2D eigenvalue weighted by Crippen LogP contribution is 2.30. The van der Waals surface area contributed by atoms with Gasteiger partial charge in [-0.05, 0) is 40.0 Å². The fraction of sp³-hybridized carbons (Fsp3) is 0.500. The summed E-state index contributed by atoms with van der Waals surface area (Å²) in [5, 5.41) is 1.98. The van der Waals surface area contributed by atoms with Gasteiger partial charge in [-0.25, -0.2) is 15.0 Å². The van der Waals surface area contributed by atoms with Gasteiger partial charge in [-0.1, -0.05) is 0 Å². The molecule has 0 unspecified atom stereocenters. The average molecular weight is 441 g/mol. The molecule has 3 aromatic heterocycles. The number of rotatable bonds is 6. The Morgan fingerprint density at radius 1 is 1.23 bits per heavy atom. The maximum atomic E-state index is 13.1. The Morgan fingerprint density at radius 3 is 2.74 bits per heavy atom. The second-order valence-corrected chi connectivity index (χ2v) is 8.68. The lowest BCUT2D eigenvalue weighted by Crippen LogP contribution is -2.40. The van der Waals surface area contributed by atoms with E-state index in [1.165, 1.54) is 0 Å². The molecule has 0 N–H and O–H groups in total. The Morgan fingerprint density at radius 2 is 2.03 bits per heavy atom. The zero-order valence-electron chi connectivity index (χ0n) is 18.2. The summed E-state index contributed by atoms with van der Waals surface area (Å²) in [6, 6.07) is -0.165. The quantitative estimate of drug-likeness (QED) is 0.587. The first-order valence-electron chi connectivity index (χ1n) is 10.8. The topological polar surface area (TPSA) is 83.7 Å². The van der Waals surface area contributed by atoms with Gasteiger partial charge in [0, 0.05) is 43.6 Å². The largest absolute Gasteiger partial charge is 0.339 e. The van der Waals surface area contributed by atoms with Crippen LogP contribution in [-0.2, 0) is 11.2 Å². The number of amides is 2. The Labute approximate surface area is 185 Å². The first-order valence-corrected chi connectivity index (χ1v) is 11.7. The molecule has 8 nitrogen and oxygen atoms in total. The molecule has 164 valence electrons. The molecule has 0 radical (unpaired) electrons. The van der Waals surface area contributed by atoms with Crippen molar-refractivity contribution < 1.29 is 9.59 Å². The van der Waals surface area contributed by atoms with Crippen LogP contribution >= 0.6 is 11.3 Å². The van der Waals surface area contributed by atoms with Crippen LogP contribution in [0.25, 0.3) is 4.96 Å². The SMILES string of the molecule is CCN(CC)C(=O)c1cnc([C@@H]2CCCCN2C(=O)Cc2cn3ccsc3n2)nc1C. The highest BCUT2D eigenvalue weighted by atomic mass is 32.1. The summed E-state index contributed by atoms with van der Waals surface area (Å²) < 4.78 is 1.94. The van der Waals surface area contributed by atoms with Crippen LogP contribution in [-0.4, -0.2) is 60.6 Å². The second kappa shape index (κ2) is 9.13. The molecular weight excluding hydrogens is 412 g/mol. The molecular formula is C22H28N6O2S. The number of aryl methyl sites for hydroxylation is 1. The normalized spacial score (nSPS) is 16.6. The van der Waals surface area contributed by atoms with Crippen molar-refractivity contribution in [3.63, 3.8) is 0 Å². The number of fused-ring (bicyclic) bond motifs is 1. The van der Waals surface area contributed by atoms with Crippen molar-refractivity contribution in [2.24, 2.45) is 0 Å². The molecule has 4 rings (SSSR count). The highest BCUT2D eigenvalue weighted by Gasteiger charge is 2.31. The first kappa shape index (κ1) is 21.4. The van der Waals surface area contributed by atoms with Crippen LogP contribution in [0.2, 0.25) is 0 Å². The Hall–Kier alpha value is -2.81. The van der Waals surface area contributed by atoms with Gasteiger partial charge in [0.2, 0.25) is 5.91 Å². The number of hydrogen-bond donors (Lipinski definition) is 0. The lowest BCUT2D eigenvalue weighted by Gasteiger charge is -2.35. The van der Waals surface area contributed by atoms with E-state index < -0.39 is 0 Å². The number of aromatic nitrogens is 4. The van der Waals surface area contributed by atoms with Crippen LogP contribution in [0.4, 0.5) is 0 Å². The third kappa shape index (κ3) is 4.32. The minimum absolute atomic E-state index is 0.0417. The summed E-state index contributed by atoms with van der Waals surface area (Å²) in [5.41, 5.74) is 1.96. The molecule has 9 heteroatoms. The Balaban J connectivity index is 1.53. The number of carbonyl (C=O) groups excluding carboxylic acids is 2. The van der Waals surface area contributed by atoms with E-state index in [1.54, 1.807) is 22.4 Å². The second-order valence-electron chi connectivity index (χ2n) is 7.81. The standard InChI is InChI=1S/C22H28N6O2S/c1-4-26(5-2)21(30)17-13-23-20(24-15(17)3)18-8-6-7-9-28(18)19(29)12-16-14-27-10-11-31-22(27)25-16/h10-11,13-14,18H,4-9,12H2,1-3H3/t18-/m0/s1. The highest BCUT2D eigenvalue weighted by molar-refractivity contribution is 7.15. The van der Waals surface area contributed by atoms with Crippen molar-refractivity contribution >= 4 is 28.1 Å². The molecule has 31 heavy (non-hydrogen) atoms. The van der Waals surface area contributed by atoms with Crippen LogP contribution in [0, 0.1) is 6.92 Å². The van der Waals surface area contributed by atoms with Crippen molar-refractivity contribution in [2.45, 2.75) is 52.5 Å². The molecule has 1 saturated heterocycles. The molecule has 0 saturated carbocycles. The van der Waals surface area contributed by atoms with E-state index in [9.17, 15) is 9.59 Å². The number of nitrogens with zero attached hydrogens (tertiary/aromatic N) is 6. The van der Waals surface area contributed by atoms with Crippen LogP contribution < -0.4 is 0 Å². The molecule has 1 atom stereocenters. The van der Waals surface area contributed by atoms with E-state index in [-0.39, 0.29) is 24.3 Å². The molecule has 0 spiro atoms. The van der Waals surface area contributed by atoms with Crippen LogP contribution in [0.1, 0.15) is 66.7 Å². The van der Waals surface area contributed by atoms with Crippen LogP contribution in [0.3, 0.4) is 0 Å². The van der Waals surface area contributed by atoms with Crippen LogP contribution in [0.5, 0.6) is 0 Å². The molecule has 1 aliphatic heterocycles. The number of hydrogen-bond acceptors (Lipinski definition) is 6. The van der Waals surface area contributed by atoms with Crippen molar-refractivity contribution in [3.05, 3.63) is 46.7 Å². The van der Waals surface area contributed by atoms with Gasteiger partial charge in [0.15, 0.2) is 10.8 Å². The van der Waals surface area contributed by atoms with E-state index in [1.807, 2.05) is 47.8 Å². The summed E-state index contributed by atoms with van der Waals surface area (Å²) in [6.45, 7) is 7.74. The van der Waals surface area contributed by atoms with Gasteiger partial charge in [0.05, 0.1) is 29.4 Å². The average Bonchev–Trinajstić information content (AvgIpc) is 3.36. The lowest BCUT2D eigenvalue weighted by molar-refractivity contribution is -0.134. The number of likely N-dealkylation sites (tertiary alicyclic amines) is 1. The smallest absolute Gasteiger partial charge is 0.257 e. The van der Waals surface area contributed by atoms with Crippen molar-refractivity contribution in [1.82, 2.24) is 29.2 Å². The van der Waals surface area contributed by atoms with Gasteiger partial charge < -0.3 is 9.80 Å². The Bertz CT molecular complexity index is 1060. The van der Waals surface area contributed by atoms with Gasteiger partial charge in [0.1, 0.15) is 0 Å². The molecule has 0 bridgehead atoms. The Kier molecular flexibility index (Phi) is 6.31. The number of piperidine rings is 1. The van der Waals surface area contributed by atoms with Gasteiger partial charge in [-0.3, -0.25) is 14.0 Å². The third-order valence-electron chi connectivity index (χ3n) is 5.88. The molecule has 0 aliphatic carbocycles. The van der Waals surface area contributed by atoms with E-state index in [0.29, 0.717) is 36.7 Å². The molecule has 2 amide bonds. The van der Waals surface area contributed by atoms with Gasteiger partial charge in [0.25, 0.3) is 5.91 Å². The molecule has 3 aromatic rings. The van der Waals surface area contributed by atoms with Crippen molar-refractivity contribution in [1.29, 1.82) is 0 Å². The number of carbonyl (C=O) groups is 2. The number of imidazole rings is 1. The first-order chi connectivity index (χ1) is 15.0. The zero-order valence-corrected chi connectivity index (χ0v) is 19.1. The molecule has 1 aliphatic rings. The lowest BCUT2D eigenvalue weighted by atomic mass is 10.00. The van der Waals surface area contributed by atoms with Crippen molar-refractivity contribution in [2.75, 3.05) is 19.6 Å². The van der Waals surface area contributed by atoms with E-state index >= 15 is 0 Å². The fourth-order valence-electron chi connectivity index (χ4n) is 4.15.